The first-order valence-corrected chi connectivity index (χ1v) is 10.7. The summed E-state index contributed by atoms with van der Waals surface area (Å²) in [5.74, 6) is 1.58. The number of hydrogen-bond acceptors (Lipinski definition) is 5. The van der Waals surface area contributed by atoms with Gasteiger partial charge in [0.05, 0.1) is 11.0 Å². The van der Waals surface area contributed by atoms with E-state index >= 15 is 0 Å². The Morgan fingerprint density at radius 1 is 0.812 bits per heavy atom. The summed E-state index contributed by atoms with van der Waals surface area (Å²) in [6, 6.07) is 22.0. The van der Waals surface area contributed by atoms with Crippen LogP contribution in [0.2, 0.25) is 0 Å². The number of carbonyl (C=O) groups is 1. The van der Waals surface area contributed by atoms with Gasteiger partial charge in [0, 0.05) is 29.2 Å². The minimum atomic E-state index is -0.440. The van der Waals surface area contributed by atoms with Crippen LogP contribution in [-0.2, 0) is 4.79 Å². The van der Waals surface area contributed by atoms with Gasteiger partial charge in [0.1, 0.15) is 17.2 Å². The summed E-state index contributed by atoms with van der Waals surface area (Å²) in [4.78, 5) is 23.2. The first-order valence-electron chi connectivity index (χ1n) is 9.93. The van der Waals surface area contributed by atoms with Gasteiger partial charge in [0.15, 0.2) is 0 Å². The van der Waals surface area contributed by atoms with Crippen LogP contribution < -0.4 is 14.2 Å². The summed E-state index contributed by atoms with van der Waals surface area (Å²) in [5, 5.41) is 0. The van der Waals surface area contributed by atoms with Crippen molar-refractivity contribution in [2.24, 2.45) is 0 Å². The van der Waals surface area contributed by atoms with Gasteiger partial charge in [-0.25, -0.2) is 4.79 Å². The van der Waals surface area contributed by atoms with E-state index in [1.807, 2.05) is 36.4 Å². The fraction of sp³-hybridized carbons (Fsp3) is 0.0769. The maximum Gasteiger partial charge on any atom is 0.516 e. The van der Waals surface area contributed by atoms with Crippen LogP contribution in [0.4, 0.5) is 0 Å². The van der Waals surface area contributed by atoms with E-state index in [9.17, 15) is 9.59 Å². The Labute approximate surface area is 191 Å². The lowest BCUT2D eigenvalue weighted by Crippen LogP contribution is -2.03. The molecule has 0 heterocycles. The zero-order valence-electron chi connectivity index (χ0n) is 17.7. The third kappa shape index (κ3) is 6.89. The van der Waals surface area contributed by atoms with Gasteiger partial charge in [0.2, 0.25) is 5.75 Å². The maximum atomic E-state index is 11.7. The predicted molar refractivity (Wildman–Crippen MR) is 126 cm³/mol. The molecule has 0 amide bonds. The summed E-state index contributed by atoms with van der Waals surface area (Å²) in [6.07, 6.45) is 6.15. The van der Waals surface area contributed by atoms with Crippen LogP contribution in [0.5, 0.6) is 23.0 Å². The molecule has 0 saturated heterocycles. The summed E-state index contributed by atoms with van der Waals surface area (Å²) in [7, 11) is 0. The number of allylic oxidation sites excluding steroid dienone is 2. The minimum Gasteiger partial charge on any atom is -0.456 e. The van der Waals surface area contributed by atoms with Crippen LogP contribution >= 0.6 is 11.8 Å². The number of benzene rings is 3. The molecule has 3 aromatic carbocycles. The van der Waals surface area contributed by atoms with Crippen molar-refractivity contribution in [1.29, 1.82) is 0 Å². The molecule has 0 fully saturated rings. The highest BCUT2D eigenvalue weighted by Gasteiger charge is 2.12. The Morgan fingerprint density at radius 3 is 2.28 bits per heavy atom. The van der Waals surface area contributed by atoms with E-state index in [1.54, 1.807) is 62.4 Å². The Morgan fingerprint density at radius 2 is 1.53 bits per heavy atom. The van der Waals surface area contributed by atoms with Gasteiger partial charge in [-0.3, -0.25) is 4.74 Å². The summed E-state index contributed by atoms with van der Waals surface area (Å²) in [6.45, 7) is 3.55. The molecule has 0 bridgehead atoms. The SMILES string of the molecule is C/C=C/C(=O)Oc1cccc(Oc2ccccc2Sc2ccc(OC(=[OH+])/C=C/C)cc2)c1. The number of para-hydroxylation sites is 1. The van der Waals surface area contributed by atoms with Gasteiger partial charge in [0.25, 0.3) is 0 Å². The average Bonchev–Trinajstić information content (AvgIpc) is 2.77. The fourth-order valence-corrected chi connectivity index (χ4v) is 3.52. The second-order valence-corrected chi connectivity index (χ2v) is 7.57. The second-order valence-electron chi connectivity index (χ2n) is 6.46. The molecule has 32 heavy (non-hydrogen) atoms. The number of rotatable bonds is 8. The molecule has 0 unspecified atom stereocenters. The summed E-state index contributed by atoms with van der Waals surface area (Å²) in [5.41, 5.74) is 0. The Kier molecular flexibility index (Phi) is 8.29. The summed E-state index contributed by atoms with van der Waals surface area (Å²) >= 11 is 1.53. The Hall–Kier alpha value is -3.77. The number of carbonyl (C=O) groups excluding carboxylic acids is 2. The van der Waals surface area contributed by atoms with Crippen LogP contribution in [0.1, 0.15) is 13.8 Å². The zero-order chi connectivity index (χ0) is 22.8. The van der Waals surface area contributed by atoms with Gasteiger partial charge >= 0.3 is 11.9 Å². The molecule has 162 valence electrons. The van der Waals surface area contributed by atoms with Crippen LogP contribution in [0.15, 0.2) is 107 Å². The highest BCUT2D eigenvalue weighted by atomic mass is 32.2. The van der Waals surface area contributed by atoms with Crippen LogP contribution in [0.25, 0.3) is 0 Å². The third-order valence-corrected chi connectivity index (χ3v) is 5.05. The van der Waals surface area contributed by atoms with Gasteiger partial charge in [-0.05, 0) is 50.2 Å². The van der Waals surface area contributed by atoms with Crippen LogP contribution in [0, 0.1) is 0 Å². The first kappa shape index (κ1) is 22.9. The molecule has 6 heteroatoms. The van der Waals surface area contributed by atoms with Crippen molar-refractivity contribution in [3.05, 3.63) is 97.1 Å². The smallest absolute Gasteiger partial charge is 0.456 e. The van der Waals surface area contributed by atoms with Gasteiger partial charge in [-0.15, -0.1) is 0 Å². The van der Waals surface area contributed by atoms with Gasteiger partial charge < -0.3 is 14.3 Å². The minimum absolute atomic E-state index is 0.162. The molecule has 1 N–H and O–H groups in total. The zero-order valence-corrected chi connectivity index (χ0v) is 18.5. The molecule has 0 radical (unpaired) electrons. The molecule has 0 atom stereocenters. The quantitative estimate of drug-likeness (QED) is 0.169. The number of ether oxygens (including phenoxy) is 3. The first-order chi connectivity index (χ1) is 15.6. The summed E-state index contributed by atoms with van der Waals surface area (Å²) < 4.78 is 16.7. The normalized spacial score (nSPS) is 10.9. The molecule has 0 saturated carbocycles. The van der Waals surface area contributed by atoms with E-state index in [2.05, 4.69) is 0 Å². The molecule has 0 aliphatic carbocycles. The largest absolute Gasteiger partial charge is 0.516 e. The number of hydrogen-bond donors (Lipinski definition) is 0. The van der Waals surface area contributed by atoms with Crippen molar-refractivity contribution in [3.8, 4) is 23.0 Å². The van der Waals surface area contributed by atoms with Gasteiger partial charge in [-0.1, -0.05) is 42.1 Å². The van der Waals surface area contributed by atoms with E-state index in [0.29, 0.717) is 23.0 Å². The van der Waals surface area contributed by atoms with E-state index in [4.69, 9.17) is 14.2 Å². The van der Waals surface area contributed by atoms with E-state index in [1.165, 1.54) is 23.9 Å². The standard InChI is InChI=1S/C26H22O5S/c1-3-8-25(27)30-19-14-16-22(17-15-19)32-24-13-6-5-12-23(24)29-20-10-7-11-21(18-20)31-26(28)9-4-2/h3-18H,1-2H3/p+1/b8-3+,9-4+. The van der Waals surface area contributed by atoms with Gasteiger partial charge in [-0.2, -0.15) is 0 Å². The average molecular weight is 448 g/mol. The Balaban J connectivity index is 1.71. The van der Waals surface area contributed by atoms with Crippen molar-refractivity contribution in [2.75, 3.05) is 0 Å². The topological polar surface area (TPSA) is 66.2 Å². The van der Waals surface area contributed by atoms with Crippen molar-refractivity contribution in [2.45, 2.75) is 23.6 Å². The van der Waals surface area contributed by atoms with Crippen LogP contribution in [-0.4, -0.2) is 16.7 Å². The molecule has 0 aliphatic heterocycles. The monoisotopic (exact) mass is 447 g/mol. The molecular formula is C26H23O5S+. The maximum absolute atomic E-state index is 11.7. The molecule has 3 aromatic rings. The van der Waals surface area contributed by atoms with E-state index in [0.717, 1.165) is 9.79 Å². The van der Waals surface area contributed by atoms with Crippen molar-refractivity contribution < 1.29 is 23.8 Å². The van der Waals surface area contributed by atoms with E-state index in [-0.39, 0.29) is 5.97 Å². The van der Waals surface area contributed by atoms with Crippen molar-refractivity contribution in [1.82, 2.24) is 0 Å². The lowest BCUT2D eigenvalue weighted by molar-refractivity contribution is -0.129. The lowest BCUT2D eigenvalue weighted by Gasteiger charge is -2.11. The molecule has 0 aromatic heterocycles. The number of esters is 2. The lowest BCUT2D eigenvalue weighted by atomic mass is 10.3. The second kappa shape index (κ2) is 11.6. The molecule has 0 spiro atoms. The Bertz CT molecular complexity index is 1130. The third-order valence-electron chi connectivity index (χ3n) is 3.99. The van der Waals surface area contributed by atoms with Crippen LogP contribution in [0.3, 0.4) is 0 Å². The highest BCUT2D eigenvalue weighted by molar-refractivity contribution is 7.99. The van der Waals surface area contributed by atoms with Crippen molar-refractivity contribution >= 4 is 23.7 Å². The fourth-order valence-electron chi connectivity index (χ4n) is 2.63. The van der Waals surface area contributed by atoms with E-state index < -0.39 is 5.97 Å². The molecule has 5 nitrogen and oxygen atoms in total. The predicted octanol–water partition coefficient (Wildman–Crippen LogP) is 6.57. The molecular weight excluding hydrogens is 424 g/mol. The van der Waals surface area contributed by atoms with Crippen molar-refractivity contribution in [3.63, 3.8) is 0 Å². The highest BCUT2D eigenvalue weighted by Crippen LogP contribution is 2.38. The molecule has 0 aliphatic rings. The molecule has 3 rings (SSSR count).